The molecule has 0 bridgehead atoms. The second-order valence-corrected chi connectivity index (χ2v) is 16.2. The molecule has 4 N–H and O–H groups in total. The Hall–Kier alpha value is -7.10. The molecule has 1 fully saturated rings. The van der Waals surface area contributed by atoms with Crippen molar-refractivity contribution in [3.8, 4) is 33.8 Å². The number of H-pyrrole nitrogens is 2. The Morgan fingerprint density at radius 1 is 0.823 bits per heavy atom. The maximum atomic E-state index is 14.0. The van der Waals surface area contributed by atoms with E-state index in [-0.39, 0.29) is 29.8 Å². The van der Waals surface area contributed by atoms with Gasteiger partial charge in [0.25, 0.3) is 0 Å². The van der Waals surface area contributed by atoms with E-state index in [9.17, 15) is 19.2 Å². The lowest BCUT2D eigenvalue weighted by molar-refractivity contribution is -0.135. The minimum absolute atomic E-state index is 0.0654. The molecule has 16 heteroatoms. The zero-order valence-electron chi connectivity index (χ0n) is 35.0. The molecule has 0 spiro atoms. The SMILES string of the molecule is CC[C@H](C)[C@H](NC(=O)OC)C(=O)N1CCC[C@H]1c1ncc(-c2ccc(-c3cnc4cc(-c5cnc([C@@H]6Cc7cccc8c7N6C(=O)[C@@H](NC(=O)OC)CC8)[nH]5)ccc4n3)cc2)[nH]1. The number of imidazole rings is 2. The Morgan fingerprint density at radius 2 is 1.52 bits per heavy atom. The van der Waals surface area contributed by atoms with Crippen LogP contribution in [0, 0.1) is 5.92 Å². The fraction of sp³-hybridized carbons (Fsp3) is 0.348. The number of likely N-dealkylation sites (tertiary alicyclic amines) is 1. The van der Waals surface area contributed by atoms with Crippen LogP contribution in [0.25, 0.3) is 44.8 Å². The molecule has 3 aromatic carbocycles. The van der Waals surface area contributed by atoms with Crippen LogP contribution in [0.3, 0.4) is 0 Å². The first-order chi connectivity index (χ1) is 30.1. The molecule has 1 saturated heterocycles. The Labute approximate surface area is 357 Å². The summed E-state index contributed by atoms with van der Waals surface area (Å²) in [7, 11) is 2.59. The number of nitrogens with zero attached hydrogens (tertiary/aromatic N) is 6. The smallest absolute Gasteiger partial charge is 0.407 e. The van der Waals surface area contributed by atoms with Crippen LogP contribution in [0.2, 0.25) is 0 Å². The summed E-state index contributed by atoms with van der Waals surface area (Å²) in [5, 5.41) is 5.47. The number of hydrogen-bond donors (Lipinski definition) is 4. The second-order valence-electron chi connectivity index (χ2n) is 16.2. The van der Waals surface area contributed by atoms with Gasteiger partial charge in [-0.25, -0.2) is 24.5 Å². The van der Waals surface area contributed by atoms with Crippen molar-refractivity contribution in [2.75, 3.05) is 25.7 Å². The molecule has 9 rings (SSSR count). The fourth-order valence-electron chi connectivity index (χ4n) is 8.99. The van der Waals surface area contributed by atoms with Crippen molar-refractivity contribution in [3.05, 3.63) is 102 Å². The van der Waals surface area contributed by atoms with Crippen molar-refractivity contribution in [1.82, 2.24) is 45.4 Å². The van der Waals surface area contributed by atoms with Gasteiger partial charge in [0, 0.05) is 24.1 Å². The minimum Gasteiger partial charge on any atom is -0.453 e. The van der Waals surface area contributed by atoms with Crippen LogP contribution in [0.15, 0.2) is 79.3 Å². The van der Waals surface area contributed by atoms with Gasteiger partial charge in [0.1, 0.15) is 23.7 Å². The summed E-state index contributed by atoms with van der Waals surface area (Å²) in [5.41, 5.74) is 9.56. The number of ether oxygens (including phenoxy) is 2. The van der Waals surface area contributed by atoms with Crippen molar-refractivity contribution in [2.24, 2.45) is 5.92 Å². The number of aryl methyl sites for hydroxylation is 1. The molecule has 6 aromatic rings. The van der Waals surface area contributed by atoms with Gasteiger partial charge in [-0.05, 0) is 60.4 Å². The number of methoxy groups -OCH3 is 2. The summed E-state index contributed by atoms with van der Waals surface area (Å²) in [6.07, 6.45) is 8.12. The normalized spacial score (nSPS) is 19.2. The Balaban J connectivity index is 0.895. The van der Waals surface area contributed by atoms with Crippen LogP contribution in [0.4, 0.5) is 15.3 Å². The first-order valence-corrected chi connectivity index (χ1v) is 21.0. The van der Waals surface area contributed by atoms with E-state index in [1.807, 2.05) is 79.4 Å². The fourth-order valence-corrected chi connectivity index (χ4v) is 8.99. The van der Waals surface area contributed by atoms with E-state index < -0.39 is 24.3 Å². The maximum Gasteiger partial charge on any atom is 0.407 e. The van der Waals surface area contributed by atoms with Crippen LogP contribution >= 0.6 is 0 Å². The summed E-state index contributed by atoms with van der Waals surface area (Å²) < 4.78 is 9.62. The first kappa shape index (κ1) is 40.3. The van der Waals surface area contributed by atoms with E-state index in [1.165, 1.54) is 14.2 Å². The van der Waals surface area contributed by atoms with Crippen molar-refractivity contribution in [1.29, 1.82) is 0 Å². The van der Waals surface area contributed by atoms with Crippen LogP contribution in [0.1, 0.15) is 74.4 Å². The molecule has 6 heterocycles. The molecular formula is C46H48N10O6. The van der Waals surface area contributed by atoms with E-state index in [1.54, 1.807) is 23.5 Å². The zero-order valence-corrected chi connectivity index (χ0v) is 35.0. The number of aromatic nitrogens is 6. The Bertz CT molecular complexity index is 2680. The quantitative estimate of drug-likeness (QED) is 0.114. The molecule has 5 atom stereocenters. The number of rotatable bonds is 10. The number of carbonyl (C=O) groups is 4. The molecule has 3 aromatic heterocycles. The number of para-hydroxylation sites is 1. The average molecular weight is 837 g/mol. The van der Waals surface area contributed by atoms with Crippen LogP contribution in [-0.4, -0.2) is 91.7 Å². The third kappa shape index (κ3) is 7.49. The number of amides is 4. The summed E-state index contributed by atoms with van der Waals surface area (Å²) in [6.45, 7) is 4.53. The Morgan fingerprint density at radius 3 is 2.26 bits per heavy atom. The highest BCUT2D eigenvalue weighted by Crippen LogP contribution is 2.45. The van der Waals surface area contributed by atoms with Crippen molar-refractivity contribution < 1.29 is 28.7 Å². The van der Waals surface area contributed by atoms with Gasteiger partial charge in [-0.2, -0.15) is 0 Å². The summed E-state index contributed by atoms with van der Waals surface area (Å²) in [6, 6.07) is 18.0. The van der Waals surface area contributed by atoms with Crippen molar-refractivity contribution >= 4 is 40.7 Å². The molecule has 0 aliphatic carbocycles. The van der Waals surface area contributed by atoms with E-state index in [0.717, 1.165) is 80.9 Å². The van der Waals surface area contributed by atoms with Crippen LogP contribution < -0.4 is 15.5 Å². The predicted molar refractivity (Wildman–Crippen MR) is 231 cm³/mol. The second kappa shape index (κ2) is 16.7. The van der Waals surface area contributed by atoms with Gasteiger partial charge in [-0.3, -0.25) is 19.5 Å². The number of anilines is 1. The third-order valence-electron chi connectivity index (χ3n) is 12.5. The van der Waals surface area contributed by atoms with Gasteiger partial charge >= 0.3 is 12.2 Å². The number of benzene rings is 3. The number of nitrogens with one attached hydrogen (secondary N) is 4. The highest BCUT2D eigenvalue weighted by atomic mass is 16.5. The molecule has 318 valence electrons. The van der Waals surface area contributed by atoms with E-state index in [2.05, 4.69) is 20.6 Å². The van der Waals surface area contributed by atoms with Gasteiger partial charge in [-0.15, -0.1) is 0 Å². The number of hydrogen-bond acceptors (Lipinski definition) is 10. The average Bonchev–Trinajstić information content (AvgIpc) is 4.14. The van der Waals surface area contributed by atoms with Crippen LogP contribution in [-0.2, 0) is 31.9 Å². The van der Waals surface area contributed by atoms with Gasteiger partial charge in [0.2, 0.25) is 11.8 Å². The van der Waals surface area contributed by atoms with Crippen molar-refractivity contribution in [3.63, 3.8) is 0 Å². The minimum atomic E-state index is -0.717. The molecule has 0 saturated carbocycles. The molecular weight excluding hydrogens is 789 g/mol. The molecule has 62 heavy (non-hydrogen) atoms. The number of fused-ring (bicyclic) bond motifs is 1. The summed E-state index contributed by atoms with van der Waals surface area (Å²) in [4.78, 5) is 81.6. The standard InChI is InChI=1S/C46H48N10O6/c1-5-25(2)39(54-46(60)62-4)44(58)55-19-7-10-37(55)41-48-23-35(51-41)27-13-11-26(12-14-27)34-22-47-33-20-29(16-17-31(33)50-34)36-24-49-42(52-36)38-21-30-9-6-8-28-15-18-32(53-45(59)61-3)43(57)56(38)40(28)30/h6,8-9,11-14,16-17,20,22-25,32,37-39H,5,7,10,15,18-19,21H2,1-4H3,(H,48,51)(H,49,52)(H,53,59)(H,54,60)/t25-,32-,37-,38-,39-/m0/s1. The molecule has 3 aliphatic heterocycles. The maximum absolute atomic E-state index is 14.0. The zero-order chi connectivity index (χ0) is 43.1. The monoisotopic (exact) mass is 836 g/mol. The highest BCUT2D eigenvalue weighted by molar-refractivity contribution is 6.02. The highest BCUT2D eigenvalue weighted by Gasteiger charge is 2.43. The van der Waals surface area contributed by atoms with E-state index >= 15 is 0 Å². The predicted octanol–water partition coefficient (Wildman–Crippen LogP) is 6.81. The van der Waals surface area contributed by atoms with Crippen LogP contribution in [0.5, 0.6) is 0 Å². The number of alkyl carbamates (subject to hydrolysis) is 2. The molecule has 3 aliphatic rings. The third-order valence-corrected chi connectivity index (χ3v) is 12.5. The molecule has 0 unspecified atom stereocenters. The number of aromatic amines is 2. The lowest BCUT2D eigenvalue weighted by atomic mass is 9.97. The van der Waals surface area contributed by atoms with Gasteiger partial charge < -0.3 is 35.0 Å². The molecule has 4 amide bonds. The molecule has 16 nitrogen and oxygen atoms in total. The van der Waals surface area contributed by atoms with E-state index in [4.69, 9.17) is 29.4 Å². The largest absolute Gasteiger partial charge is 0.453 e. The van der Waals surface area contributed by atoms with Gasteiger partial charge in [-0.1, -0.05) is 68.8 Å². The van der Waals surface area contributed by atoms with Gasteiger partial charge in [0.05, 0.1) is 78.7 Å². The van der Waals surface area contributed by atoms with Gasteiger partial charge in [0.15, 0.2) is 0 Å². The Kier molecular flexibility index (Phi) is 10.9. The number of carbonyl (C=O) groups excluding carboxylic acids is 4. The summed E-state index contributed by atoms with van der Waals surface area (Å²) in [5.74, 6) is 0.976. The lowest BCUT2D eigenvalue weighted by Gasteiger charge is -2.30. The lowest BCUT2D eigenvalue weighted by Crippen LogP contribution is -2.51. The topological polar surface area (TPSA) is 200 Å². The first-order valence-electron chi connectivity index (χ1n) is 21.0. The van der Waals surface area contributed by atoms with E-state index in [0.29, 0.717) is 37.5 Å². The van der Waals surface area contributed by atoms with Crippen molar-refractivity contribution in [2.45, 2.75) is 76.5 Å². The summed E-state index contributed by atoms with van der Waals surface area (Å²) >= 11 is 0. The molecule has 0 radical (unpaired) electrons.